The molecule has 9 heteroatoms. The zero-order valence-electron chi connectivity index (χ0n) is 8.21. The van der Waals surface area contributed by atoms with Gasteiger partial charge in [-0.2, -0.15) is 0 Å². The number of rotatable bonds is 7. The van der Waals surface area contributed by atoms with Crippen molar-refractivity contribution in [2.75, 3.05) is 18.6 Å². The van der Waals surface area contributed by atoms with E-state index in [1.54, 1.807) is 6.92 Å². The van der Waals surface area contributed by atoms with Crippen molar-refractivity contribution in [1.29, 1.82) is 0 Å². The van der Waals surface area contributed by atoms with Crippen LogP contribution in [0.15, 0.2) is 0 Å². The van der Waals surface area contributed by atoms with E-state index in [0.717, 1.165) is 0 Å². The number of hydrogen-bond donors (Lipinski definition) is 4. The molecular formula is C6H15ClO6P2. The lowest BCUT2D eigenvalue weighted by molar-refractivity contribution is 0.151. The second kappa shape index (κ2) is 6.48. The maximum Gasteiger partial charge on any atom is 0.327 e. The van der Waals surface area contributed by atoms with Gasteiger partial charge in [-0.05, 0) is 6.42 Å². The highest BCUT2D eigenvalue weighted by molar-refractivity contribution is 7.51. The first-order chi connectivity index (χ1) is 6.68. The number of hydrogen-bond acceptors (Lipinski definition) is 4. The summed E-state index contributed by atoms with van der Waals surface area (Å²) in [6.07, 6.45) is -0.0707. The van der Waals surface area contributed by atoms with E-state index in [1.165, 1.54) is 0 Å². The number of alkyl halides is 1. The average Bonchev–Trinajstić information content (AvgIpc) is 1.98. The van der Waals surface area contributed by atoms with Gasteiger partial charge in [-0.1, -0.05) is 6.92 Å². The summed E-state index contributed by atoms with van der Waals surface area (Å²) in [4.78, 5) is 34.8. The second-order valence-corrected chi connectivity index (χ2v) is 6.39. The predicted molar refractivity (Wildman–Crippen MR) is 57.7 cm³/mol. The summed E-state index contributed by atoms with van der Waals surface area (Å²) in [6, 6.07) is 0. The standard InChI is InChI=1S/C6H15ClO6P2/c1-6(2-3-7,4-13-14(8)9)5-15(10,11)12/h8-9H,2-5H2,1H3,(H2,10,11,12). The highest BCUT2D eigenvalue weighted by atomic mass is 35.5. The molecule has 0 aliphatic heterocycles. The Kier molecular flexibility index (Phi) is 6.80. The van der Waals surface area contributed by atoms with Crippen LogP contribution >= 0.6 is 27.8 Å². The van der Waals surface area contributed by atoms with Gasteiger partial charge in [-0.25, -0.2) is 0 Å². The van der Waals surface area contributed by atoms with Crippen LogP contribution in [-0.4, -0.2) is 38.2 Å². The van der Waals surface area contributed by atoms with Crippen molar-refractivity contribution in [2.24, 2.45) is 5.41 Å². The van der Waals surface area contributed by atoms with Crippen LogP contribution in [0.1, 0.15) is 13.3 Å². The third-order valence-electron chi connectivity index (χ3n) is 1.81. The maximum absolute atomic E-state index is 10.8. The molecule has 0 saturated heterocycles. The minimum atomic E-state index is -4.17. The van der Waals surface area contributed by atoms with Crippen molar-refractivity contribution in [3.63, 3.8) is 0 Å². The van der Waals surface area contributed by atoms with Crippen molar-refractivity contribution in [3.8, 4) is 0 Å². The van der Waals surface area contributed by atoms with E-state index in [4.69, 9.17) is 31.2 Å². The van der Waals surface area contributed by atoms with Gasteiger partial charge < -0.3 is 24.1 Å². The monoisotopic (exact) mass is 280 g/mol. The molecule has 0 spiro atoms. The smallest absolute Gasteiger partial charge is 0.327 e. The molecule has 0 aliphatic rings. The largest absolute Gasteiger partial charge is 0.328 e. The fraction of sp³-hybridized carbons (Fsp3) is 1.00. The minimum Gasteiger partial charge on any atom is -0.328 e. The summed E-state index contributed by atoms with van der Waals surface area (Å²) < 4.78 is 15.4. The molecule has 0 heterocycles. The van der Waals surface area contributed by atoms with Gasteiger partial charge in [-0.3, -0.25) is 4.57 Å². The van der Waals surface area contributed by atoms with E-state index in [1.807, 2.05) is 0 Å². The molecule has 4 N–H and O–H groups in total. The third kappa shape index (κ3) is 8.55. The average molecular weight is 281 g/mol. The summed E-state index contributed by atoms with van der Waals surface area (Å²) in [6.45, 7) is 1.43. The fourth-order valence-corrected chi connectivity index (χ4v) is 3.26. The Balaban J connectivity index is 4.38. The van der Waals surface area contributed by atoms with Gasteiger partial charge in [0.15, 0.2) is 0 Å². The maximum atomic E-state index is 10.8. The summed E-state index contributed by atoms with van der Waals surface area (Å²) in [5.74, 6) is 0.217. The molecule has 92 valence electrons. The zero-order chi connectivity index (χ0) is 12.1. The van der Waals surface area contributed by atoms with E-state index in [0.29, 0.717) is 6.42 Å². The fourth-order valence-electron chi connectivity index (χ4n) is 1.14. The van der Waals surface area contributed by atoms with Crippen LogP contribution < -0.4 is 0 Å². The van der Waals surface area contributed by atoms with Crippen LogP contribution in [0.25, 0.3) is 0 Å². The molecule has 15 heavy (non-hydrogen) atoms. The third-order valence-corrected chi connectivity index (χ3v) is 3.54. The highest BCUT2D eigenvalue weighted by Gasteiger charge is 2.33. The Morgan fingerprint density at radius 3 is 2.33 bits per heavy atom. The van der Waals surface area contributed by atoms with Crippen LogP contribution in [-0.2, 0) is 9.09 Å². The molecule has 0 aromatic rings. The molecule has 6 nitrogen and oxygen atoms in total. The van der Waals surface area contributed by atoms with Crippen molar-refractivity contribution < 1.29 is 28.7 Å². The molecule has 0 rings (SSSR count). The highest BCUT2D eigenvalue weighted by Crippen LogP contribution is 2.44. The van der Waals surface area contributed by atoms with Gasteiger partial charge in [0.05, 0.1) is 12.8 Å². The zero-order valence-corrected chi connectivity index (χ0v) is 10.8. The SMILES string of the molecule is CC(CCCl)(COP(O)O)CP(=O)(O)O. The minimum absolute atomic E-state index is 0.149. The summed E-state index contributed by atoms with van der Waals surface area (Å²) in [5, 5.41) is 0. The van der Waals surface area contributed by atoms with Crippen LogP contribution in [0.2, 0.25) is 0 Å². The predicted octanol–water partition coefficient (Wildman–Crippen LogP) is 1.03. The van der Waals surface area contributed by atoms with Gasteiger partial charge in [0.2, 0.25) is 0 Å². The van der Waals surface area contributed by atoms with Crippen LogP contribution in [0.3, 0.4) is 0 Å². The molecule has 0 amide bonds. The first-order valence-electron chi connectivity index (χ1n) is 4.10. The molecular weight excluding hydrogens is 265 g/mol. The van der Waals surface area contributed by atoms with Gasteiger partial charge >= 0.3 is 16.2 Å². The molecule has 0 aliphatic carbocycles. The molecule has 0 saturated carbocycles. The van der Waals surface area contributed by atoms with E-state index >= 15 is 0 Å². The van der Waals surface area contributed by atoms with Crippen molar-refractivity contribution in [2.45, 2.75) is 13.3 Å². The molecule has 0 bridgehead atoms. The lowest BCUT2D eigenvalue weighted by Crippen LogP contribution is -2.27. The Morgan fingerprint density at radius 1 is 1.47 bits per heavy atom. The van der Waals surface area contributed by atoms with E-state index in [2.05, 4.69) is 4.52 Å². The quantitative estimate of drug-likeness (QED) is 0.410. The Bertz CT molecular complexity index is 232. The Hall–Kier alpha value is 0.750. The van der Waals surface area contributed by atoms with Crippen LogP contribution in [0, 0.1) is 5.41 Å². The van der Waals surface area contributed by atoms with Crippen LogP contribution in [0.5, 0.6) is 0 Å². The summed E-state index contributed by atoms with van der Waals surface area (Å²) in [5.41, 5.74) is -0.854. The van der Waals surface area contributed by atoms with Crippen molar-refractivity contribution in [3.05, 3.63) is 0 Å². The number of halogens is 1. The lowest BCUT2D eigenvalue weighted by atomic mass is 9.91. The molecule has 1 unspecified atom stereocenters. The van der Waals surface area contributed by atoms with Gasteiger partial charge in [-0.15, -0.1) is 11.6 Å². The lowest BCUT2D eigenvalue weighted by Gasteiger charge is -2.28. The molecule has 1 atom stereocenters. The van der Waals surface area contributed by atoms with Crippen LogP contribution in [0.4, 0.5) is 0 Å². The Labute approximate surface area is 94.4 Å². The van der Waals surface area contributed by atoms with E-state index in [-0.39, 0.29) is 12.5 Å². The summed E-state index contributed by atoms with van der Waals surface area (Å²) in [7, 11) is -6.68. The van der Waals surface area contributed by atoms with E-state index in [9.17, 15) is 4.57 Å². The van der Waals surface area contributed by atoms with Gasteiger partial charge in [0.25, 0.3) is 0 Å². The van der Waals surface area contributed by atoms with Crippen molar-refractivity contribution in [1.82, 2.24) is 0 Å². The first kappa shape index (κ1) is 15.8. The molecule has 0 fully saturated rings. The van der Waals surface area contributed by atoms with Gasteiger partial charge in [0, 0.05) is 11.3 Å². The topological polar surface area (TPSA) is 107 Å². The summed E-state index contributed by atoms with van der Waals surface area (Å²) >= 11 is 5.50. The molecule has 0 radical (unpaired) electrons. The molecule has 0 aromatic carbocycles. The Morgan fingerprint density at radius 2 is 2.00 bits per heavy atom. The molecule has 0 aromatic heterocycles. The first-order valence-corrected chi connectivity index (χ1v) is 7.60. The normalized spacial score (nSPS) is 16.7. The van der Waals surface area contributed by atoms with Crippen molar-refractivity contribution >= 4 is 27.8 Å². The second-order valence-electron chi connectivity index (χ2n) is 3.60. The van der Waals surface area contributed by atoms with E-state index < -0.39 is 27.8 Å². The van der Waals surface area contributed by atoms with Gasteiger partial charge in [0.1, 0.15) is 0 Å².